The Labute approximate surface area is 140 Å². The average Bonchev–Trinajstić information content (AvgIpc) is 3.05. The zero-order valence-electron chi connectivity index (χ0n) is 13.7. The third-order valence-corrected chi connectivity index (χ3v) is 4.89. The number of ether oxygens (including phenoxy) is 2. The molecular weight excluding hydrogens is 306 g/mol. The highest BCUT2D eigenvalue weighted by Gasteiger charge is 2.50. The normalized spacial score (nSPS) is 24.4. The van der Waals surface area contributed by atoms with Crippen LogP contribution in [-0.2, 0) is 10.2 Å². The van der Waals surface area contributed by atoms with Crippen LogP contribution in [0.1, 0.15) is 18.9 Å². The van der Waals surface area contributed by atoms with Crippen molar-refractivity contribution in [3.63, 3.8) is 0 Å². The van der Waals surface area contributed by atoms with Gasteiger partial charge in [0.25, 0.3) is 0 Å². The van der Waals surface area contributed by atoms with E-state index in [2.05, 4.69) is 22.1 Å². The molecule has 1 amide bonds. The van der Waals surface area contributed by atoms with Gasteiger partial charge in [-0.1, -0.05) is 6.92 Å². The molecule has 0 unspecified atom stereocenters. The molecule has 1 N–H and O–H groups in total. The predicted octanol–water partition coefficient (Wildman–Crippen LogP) is 3.15. The first-order chi connectivity index (χ1) is 11.6. The van der Waals surface area contributed by atoms with E-state index in [4.69, 9.17) is 9.47 Å². The fourth-order valence-electron chi connectivity index (χ4n) is 3.65. The summed E-state index contributed by atoms with van der Waals surface area (Å²) in [4.78, 5) is 18.1. The molecule has 0 saturated carbocycles. The summed E-state index contributed by atoms with van der Waals surface area (Å²) in [5.41, 5.74) is 2.88. The van der Waals surface area contributed by atoms with E-state index >= 15 is 0 Å². The molecule has 0 spiro atoms. The van der Waals surface area contributed by atoms with Crippen molar-refractivity contribution in [2.75, 3.05) is 23.9 Å². The SMILES string of the molecule is CN1c2ccc(OC(=O)Nc3ccncc3)cc2[C@]2(C)CCO[C@H]12. The van der Waals surface area contributed by atoms with Crippen LogP contribution in [0.5, 0.6) is 5.75 Å². The Hall–Kier alpha value is -2.60. The number of fused-ring (bicyclic) bond motifs is 3. The maximum Gasteiger partial charge on any atom is 0.417 e. The minimum absolute atomic E-state index is 0.0494. The molecule has 24 heavy (non-hydrogen) atoms. The molecule has 1 fully saturated rings. The minimum atomic E-state index is -0.517. The molecular formula is C18H19N3O3. The molecule has 1 aromatic heterocycles. The number of hydrogen-bond acceptors (Lipinski definition) is 5. The maximum atomic E-state index is 12.1. The highest BCUT2D eigenvalue weighted by molar-refractivity contribution is 5.86. The minimum Gasteiger partial charge on any atom is -0.410 e. The largest absolute Gasteiger partial charge is 0.417 e. The van der Waals surface area contributed by atoms with E-state index in [1.807, 2.05) is 25.2 Å². The van der Waals surface area contributed by atoms with Gasteiger partial charge in [-0.3, -0.25) is 10.3 Å². The number of likely N-dealkylation sites (N-methyl/N-ethyl adjacent to an activating group) is 1. The van der Waals surface area contributed by atoms with Crippen molar-refractivity contribution >= 4 is 17.5 Å². The number of pyridine rings is 1. The van der Waals surface area contributed by atoms with Gasteiger partial charge in [-0.2, -0.15) is 0 Å². The second-order valence-corrected chi connectivity index (χ2v) is 6.43. The summed E-state index contributed by atoms with van der Waals surface area (Å²) in [5, 5.41) is 2.69. The number of aromatic nitrogens is 1. The fraction of sp³-hybridized carbons (Fsp3) is 0.333. The third kappa shape index (κ3) is 2.30. The molecule has 1 saturated heterocycles. The van der Waals surface area contributed by atoms with Gasteiger partial charge in [0.2, 0.25) is 0 Å². The van der Waals surface area contributed by atoms with Crippen LogP contribution in [0.15, 0.2) is 42.7 Å². The lowest BCUT2D eigenvalue weighted by atomic mass is 9.82. The monoisotopic (exact) mass is 325 g/mol. The zero-order chi connectivity index (χ0) is 16.7. The van der Waals surface area contributed by atoms with Crippen molar-refractivity contribution in [2.45, 2.75) is 25.0 Å². The Morgan fingerprint density at radius 3 is 2.96 bits per heavy atom. The summed E-state index contributed by atoms with van der Waals surface area (Å²) < 4.78 is 11.3. The summed E-state index contributed by atoms with van der Waals surface area (Å²) in [6.07, 6.45) is 3.72. The van der Waals surface area contributed by atoms with E-state index in [0.29, 0.717) is 11.4 Å². The van der Waals surface area contributed by atoms with E-state index in [1.165, 1.54) is 5.56 Å². The number of nitrogens with one attached hydrogen (secondary N) is 1. The number of nitrogens with zero attached hydrogens (tertiary/aromatic N) is 2. The third-order valence-electron chi connectivity index (χ3n) is 4.89. The zero-order valence-corrected chi connectivity index (χ0v) is 13.7. The van der Waals surface area contributed by atoms with E-state index in [9.17, 15) is 4.79 Å². The number of carbonyl (C=O) groups excluding carboxylic acids is 1. The lowest BCUT2D eigenvalue weighted by Crippen LogP contribution is -2.37. The molecule has 4 rings (SSSR count). The van der Waals surface area contributed by atoms with Gasteiger partial charge in [0.1, 0.15) is 12.0 Å². The van der Waals surface area contributed by atoms with Crippen molar-refractivity contribution in [1.29, 1.82) is 0 Å². The highest BCUT2D eigenvalue weighted by Crippen LogP contribution is 2.51. The average molecular weight is 325 g/mol. The quantitative estimate of drug-likeness (QED) is 0.919. The summed E-state index contributed by atoms with van der Waals surface area (Å²) >= 11 is 0. The van der Waals surface area contributed by atoms with Gasteiger partial charge >= 0.3 is 6.09 Å². The molecule has 0 radical (unpaired) electrons. The lowest BCUT2D eigenvalue weighted by molar-refractivity contribution is 0.0920. The van der Waals surface area contributed by atoms with Crippen LogP contribution in [0.4, 0.5) is 16.2 Å². The highest BCUT2D eigenvalue weighted by atomic mass is 16.6. The van der Waals surface area contributed by atoms with Gasteiger partial charge in [-0.05, 0) is 42.3 Å². The van der Waals surface area contributed by atoms with Crippen LogP contribution < -0.4 is 15.0 Å². The maximum absolute atomic E-state index is 12.1. The molecule has 124 valence electrons. The van der Waals surface area contributed by atoms with Crippen molar-refractivity contribution < 1.29 is 14.3 Å². The number of benzene rings is 1. The Balaban J connectivity index is 1.55. The van der Waals surface area contributed by atoms with Gasteiger partial charge in [0, 0.05) is 36.2 Å². The summed E-state index contributed by atoms with van der Waals surface area (Å²) in [6, 6.07) is 9.16. The van der Waals surface area contributed by atoms with E-state index in [1.54, 1.807) is 24.5 Å². The molecule has 6 heteroatoms. The van der Waals surface area contributed by atoms with Crippen LogP contribution in [0, 0.1) is 0 Å². The second-order valence-electron chi connectivity index (χ2n) is 6.43. The van der Waals surface area contributed by atoms with Crippen molar-refractivity contribution in [2.24, 2.45) is 0 Å². The van der Waals surface area contributed by atoms with Gasteiger partial charge in [-0.15, -0.1) is 0 Å². The van der Waals surface area contributed by atoms with E-state index in [0.717, 1.165) is 18.7 Å². The lowest BCUT2D eigenvalue weighted by Gasteiger charge is -2.26. The summed E-state index contributed by atoms with van der Waals surface area (Å²) in [6.45, 7) is 2.95. The fourth-order valence-corrected chi connectivity index (χ4v) is 3.65. The number of rotatable bonds is 2. The van der Waals surface area contributed by atoms with Crippen LogP contribution in [0.2, 0.25) is 0 Å². The van der Waals surface area contributed by atoms with E-state index < -0.39 is 6.09 Å². The molecule has 2 aliphatic heterocycles. The van der Waals surface area contributed by atoms with Gasteiger partial charge < -0.3 is 14.4 Å². The topological polar surface area (TPSA) is 63.7 Å². The summed E-state index contributed by atoms with van der Waals surface area (Å²) in [7, 11) is 2.04. The molecule has 2 atom stereocenters. The van der Waals surface area contributed by atoms with Crippen LogP contribution in [0.3, 0.4) is 0 Å². The van der Waals surface area contributed by atoms with Crippen LogP contribution in [0.25, 0.3) is 0 Å². The second kappa shape index (κ2) is 5.49. The Bertz CT molecular complexity index is 780. The molecule has 0 bridgehead atoms. The van der Waals surface area contributed by atoms with Crippen LogP contribution in [-0.4, -0.2) is 31.0 Å². The Morgan fingerprint density at radius 1 is 1.38 bits per heavy atom. The molecule has 0 aliphatic carbocycles. The number of anilines is 2. The molecule has 3 heterocycles. The van der Waals surface area contributed by atoms with Crippen molar-refractivity contribution in [3.05, 3.63) is 48.3 Å². The molecule has 6 nitrogen and oxygen atoms in total. The van der Waals surface area contributed by atoms with E-state index in [-0.39, 0.29) is 11.6 Å². The van der Waals surface area contributed by atoms with Crippen molar-refractivity contribution in [3.8, 4) is 5.75 Å². The first-order valence-corrected chi connectivity index (χ1v) is 7.96. The number of carbonyl (C=O) groups is 1. The number of hydrogen-bond donors (Lipinski definition) is 1. The first-order valence-electron chi connectivity index (χ1n) is 7.96. The number of amides is 1. The van der Waals surface area contributed by atoms with Gasteiger partial charge in [0.05, 0.1) is 6.61 Å². The molecule has 2 aromatic rings. The van der Waals surface area contributed by atoms with Gasteiger partial charge in [-0.25, -0.2) is 4.79 Å². The summed E-state index contributed by atoms with van der Waals surface area (Å²) in [5.74, 6) is 0.530. The van der Waals surface area contributed by atoms with Crippen LogP contribution >= 0.6 is 0 Å². The molecule has 1 aromatic carbocycles. The first kappa shape index (κ1) is 15.0. The Morgan fingerprint density at radius 2 is 2.17 bits per heavy atom. The predicted molar refractivity (Wildman–Crippen MR) is 90.4 cm³/mol. The standard InChI is InChI=1S/C18H19N3O3/c1-18-7-10-23-16(18)21(2)15-4-3-13(11-14(15)18)24-17(22)20-12-5-8-19-9-6-12/h3-6,8-9,11,16H,7,10H2,1-2H3,(H,19,20,22)/t16-,18-/m0/s1. The smallest absolute Gasteiger partial charge is 0.410 e. The van der Waals surface area contributed by atoms with Crippen molar-refractivity contribution in [1.82, 2.24) is 4.98 Å². The van der Waals surface area contributed by atoms with Gasteiger partial charge in [0.15, 0.2) is 0 Å². The molecule has 2 aliphatic rings. The Kier molecular flexibility index (Phi) is 3.42.